The van der Waals surface area contributed by atoms with Crippen molar-refractivity contribution >= 4 is 23.3 Å². The third-order valence-corrected chi connectivity index (χ3v) is 5.25. The summed E-state index contributed by atoms with van der Waals surface area (Å²) in [5, 5.41) is 3.27. The van der Waals surface area contributed by atoms with Gasteiger partial charge in [-0.1, -0.05) is 23.7 Å². The van der Waals surface area contributed by atoms with Gasteiger partial charge in [-0.05, 0) is 23.6 Å². The van der Waals surface area contributed by atoms with Gasteiger partial charge in [0.1, 0.15) is 23.2 Å². The highest BCUT2D eigenvalue weighted by Crippen LogP contribution is 2.37. The summed E-state index contributed by atoms with van der Waals surface area (Å²) in [6.45, 7) is 0.195. The number of nitrogens with one attached hydrogen (secondary N) is 1. The Balaban J connectivity index is 1.80. The van der Waals surface area contributed by atoms with Crippen LogP contribution in [0, 0.1) is 17.6 Å². The fourth-order valence-corrected chi connectivity index (χ4v) is 3.73. The average molecular weight is 408 g/mol. The van der Waals surface area contributed by atoms with Crippen molar-refractivity contribution in [3.63, 3.8) is 0 Å². The van der Waals surface area contributed by atoms with Gasteiger partial charge in [0.15, 0.2) is 0 Å². The lowest BCUT2D eigenvalue weighted by molar-refractivity contribution is -0.125. The summed E-state index contributed by atoms with van der Waals surface area (Å²) in [5.41, 5.74) is 0.646. The number of hydrogen-bond acceptors (Lipinski definition) is 3. The molecule has 1 unspecified atom stereocenters. The van der Waals surface area contributed by atoms with Gasteiger partial charge in [-0.3, -0.25) is 9.59 Å². The summed E-state index contributed by atoms with van der Waals surface area (Å²) in [5.74, 6) is -2.94. The van der Waals surface area contributed by atoms with Crippen molar-refractivity contribution in [3.05, 3.63) is 64.2 Å². The molecule has 0 saturated carbocycles. The van der Waals surface area contributed by atoms with E-state index in [-0.39, 0.29) is 48.8 Å². The molecule has 2 aromatic carbocycles. The fraction of sp³-hybridized carbons (Fsp3) is 0.333. The Labute approximate surface area is 166 Å². The van der Waals surface area contributed by atoms with Crippen LogP contribution in [-0.4, -0.2) is 25.3 Å². The van der Waals surface area contributed by atoms with Crippen LogP contribution >= 0.6 is 11.6 Å². The SMILES string of the molecule is COc1cc(F)c(C2CC(=O)NC[C@H]2CC(=O)Cc2ccc(Cl)cc2)c(F)c1. The topological polar surface area (TPSA) is 55.4 Å². The second-order valence-electron chi connectivity index (χ2n) is 6.93. The molecule has 1 aliphatic rings. The standard InChI is InChI=1S/C21H20ClF2NO3/c1-28-16-8-18(23)21(19(24)9-16)17-10-20(27)25-11-13(17)7-15(26)6-12-2-4-14(22)5-3-12/h2-5,8-9,13,17H,6-7,10-11H2,1H3,(H,25,27)/t13-,17?/m1/s1. The molecule has 2 aromatic rings. The number of ketones is 1. The van der Waals surface area contributed by atoms with Crippen molar-refractivity contribution in [1.29, 1.82) is 0 Å². The second-order valence-corrected chi connectivity index (χ2v) is 7.36. The van der Waals surface area contributed by atoms with E-state index in [9.17, 15) is 18.4 Å². The van der Waals surface area contributed by atoms with E-state index >= 15 is 0 Å². The maximum absolute atomic E-state index is 14.6. The predicted octanol–water partition coefficient (Wildman–Crippen LogP) is 4.05. The zero-order valence-electron chi connectivity index (χ0n) is 15.3. The van der Waals surface area contributed by atoms with E-state index in [1.807, 2.05) is 0 Å². The smallest absolute Gasteiger partial charge is 0.220 e. The number of methoxy groups -OCH3 is 1. The lowest BCUT2D eigenvalue weighted by atomic mass is 9.77. The van der Waals surface area contributed by atoms with Crippen molar-refractivity contribution in [2.24, 2.45) is 5.92 Å². The maximum atomic E-state index is 14.6. The third kappa shape index (κ3) is 4.68. The number of amides is 1. The molecule has 1 amide bonds. The highest BCUT2D eigenvalue weighted by Gasteiger charge is 2.35. The van der Waals surface area contributed by atoms with Crippen LogP contribution in [0.4, 0.5) is 8.78 Å². The number of Topliss-reactive ketones (excluding diaryl/α,β-unsaturated/α-hetero) is 1. The molecule has 1 aliphatic heterocycles. The minimum atomic E-state index is -0.772. The second kappa shape index (κ2) is 8.69. The van der Waals surface area contributed by atoms with Crippen LogP contribution in [0.1, 0.15) is 29.9 Å². The number of ether oxygens (including phenoxy) is 1. The van der Waals surface area contributed by atoms with Crippen LogP contribution < -0.4 is 10.1 Å². The van der Waals surface area contributed by atoms with E-state index in [2.05, 4.69) is 5.32 Å². The van der Waals surface area contributed by atoms with Crippen LogP contribution in [0.3, 0.4) is 0 Å². The number of benzene rings is 2. The van der Waals surface area contributed by atoms with Crippen LogP contribution in [0.25, 0.3) is 0 Å². The van der Waals surface area contributed by atoms with Crippen LogP contribution in [-0.2, 0) is 16.0 Å². The molecule has 148 valence electrons. The van der Waals surface area contributed by atoms with E-state index in [4.69, 9.17) is 16.3 Å². The molecule has 3 rings (SSSR count). The van der Waals surface area contributed by atoms with Gasteiger partial charge in [-0.2, -0.15) is 0 Å². The first-order valence-corrected chi connectivity index (χ1v) is 9.31. The largest absolute Gasteiger partial charge is 0.497 e. The molecule has 1 fully saturated rings. The summed E-state index contributed by atoms with van der Waals surface area (Å²) >= 11 is 5.85. The Morgan fingerprint density at radius 1 is 1.21 bits per heavy atom. The Morgan fingerprint density at radius 2 is 1.86 bits per heavy atom. The van der Waals surface area contributed by atoms with Gasteiger partial charge in [-0.25, -0.2) is 8.78 Å². The number of halogens is 3. The summed E-state index contributed by atoms with van der Waals surface area (Å²) in [6.07, 6.45) is 0.236. The number of carbonyl (C=O) groups excluding carboxylic acids is 2. The van der Waals surface area contributed by atoms with Crippen LogP contribution in [0.5, 0.6) is 5.75 Å². The third-order valence-electron chi connectivity index (χ3n) is 5.00. The Hall–Kier alpha value is -2.47. The zero-order chi connectivity index (χ0) is 20.3. The first-order chi connectivity index (χ1) is 13.4. The van der Waals surface area contributed by atoms with Crippen molar-refractivity contribution in [3.8, 4) is 5.75 Å². The molecular formula is C21H20ClF2NO3. The number of hydrogen-bond donors (Lipinski definition) is 1. The first kappa shape index (κ1) is 20.3. The van der Waals surface area contributed by atoms with E-state index in [1.165, 1.54) is 7.11 Å². The molecule has 0 bridgehead atoms. The molecule has 0 spiro atoms. The van der Waals surface area contributed by atoms with Crippen molar-refractivity contribution in [2.75, 3.05) is 13.7 Å². The highest BCUT2D eigenvalue weighted by atomic mass is 35.5. The molecule has 2 atom stereocenters. The van der Waals surface area contributed by atoms with Crippen molar-refractivity contribution < 1.29 is 23.1 Å². The molecule has 0 aliphatic carbocycles. The van der Waals surface area contributed by atoms with Crippen molar-refractivity contribution in [2.45, 2.75) is 25.2 Å². The molecule has 4 nitrogen and oxygen atoms in total. The van der Waals surface area contributed by atoms with E-state index < -0.39 is 23.5 Å². The Bertz CT molecular complexity index is 863. The van der Waals surface area contributed by atoms with E-state index in [0.717, 1.165) is 17.7 Å². The number of carbonyl (C=O) groups is 2. The number of rotatable bonds is 6. The normalized spacial score (nSPS) is 19.2. The van der Waals surface area contributed by atoms with E-state index in [1.54, 1.807) is 24.3 Å². The fourth-order valence-electron chi connectivity index (χ4n) is 3.61. The van der Waals surface area contributed by atoms with E-state index in [0.29, 0.717) is 5.02 Å². The minimum absolute atomic E-state index is 0.0642. The molecule has 0 aromatic heterocycles. The molecule has 28 heavy (non-hydrogen) atoms. The van der Waals surface area contributed by atoms with Crippen LogP contribution in [0.2, 0.25) is 5.02 Å². The molecule has 1 heterocycles. The lowest BCUT2D eigenvalue weighted by Crippen LogP contribution is -2.41. The van der Waals surface area contributed by atoms with Gasteiger partial charge in [0.2, 0.25) is 5.91 Å². The zero-order valence-corrected chi connectivity index (χ0v) is 16.1. The monoisotopic (exact) mass is 407 g/mol. The average Bonchev–Trinajstić information content (AvgIpc) is 2.65. The summed E-state index contributed by atoms with van der Waals surface area (Å²) in [7, 11) is 1.32. The summed E-state index contributed by atoms with van der Waals surface area (Å²) in [4.78, 5) is 24.4. The van der Waals surface area contributed by atoms with Gasteiger partial charge >= 0.3 is 0 Å². The molecule has 1 N–H and O–H groups in total. The number of piperidine rings is 1. The Kier molecular flexibility index (Phi) is 6.29. The maximum Gasteiger partial charge on any atom is 0.220 e. The van der Waals surface area contributed by atoms with Gasteiger partial charge in [0, 0.05) is 54.4 Å². The summed E-state index contributed by atoms with van der Waals surface area (Å²) < 4.78 is 34.0. The molecular weight excluding hydrogens is 388 g/mol. The lowest BCUT2D eigenvalue weighted by Gasteiger charge is -2.32. The summed E-state index contributed by atoms with van der Waals surface area (Å²) in [6, 6.07) is 9.13. The molecule has 0 radical (unpaired) electrons. The van der Waals surface area contributed by atoms with Gasteiger partial charge in [0.25, 0.3) is 0 Å². The molecule has 1 saturated heterocycles. The minimum Gasteiger partial charge on any atom is -0.497 e. The van der Waals surface area contributed by atoms with Gasteiger partial charge < -0.3 is 10.1 Å². The Morgan fingerprint density at radius 3 is 2.46 bits per heavy atom. The highest BCUT2D eigenvalue weighted by molar-refractivity contribution is 6.30. The predicted molar refractivity (Wildman–Crippen MR) is 102 cm³/mol. The van der Waals surface area contributed by atoms with Gasteiger partial charge in [0.05, 0.1) is 7.11 Å². The molecule has 7 heteroatoms. The van der Waals surface area contributed by atoms with Gasteiger partial charge in [-0.15, -0.1) is 0 Å². The quantitative estimate of drug-likeness (QED) is 0.786. The first-order valence-electron chi connectivity index (χ1n) is 8.93. The van der Waals surface area contributed by atoms with Crippen molar-refractivity contribution in [1.82, 2.24) is 5.32 Å². The van der Waals surface area contributed by atoms with Crippen LogP contribution in [0.15, 0.2) is 36.4 Å².